The fraction of sp³-hybridized carbons (Fsp3) is 0.467. The Balaban J connectivity index is 1.71. The summed E-state index contributed by atoms with van der Waals surface area (Å²) in [6.45, 7) is 2.98. The minimum absolute atomic E-state index is 0.214. The van der Waals surface area contributed by atoms with Gasteiger partial charge in [-0.05, 0) is 18.4 Å². The number of fused-ring (bicyclic) bond motifs is 1. The molecule has 0 saturated heterocycles. The van der Waals surface area contributed by atoms with Crippen LogP contribution in [0.15, 0.2) is 30.3 Å². The molecule has 2 atom stereocenters. The van der Waals surface area contributed by atoms with Gasteiger partial charge in [-0.3, -0.25) is 0 Å². The van der Waals surface area contributed by atoms with E-state index in [0.29, 0.717) is 5.92 Å². The lowest BCUT2D eigenvalue weighted by molar-refractivity contribution is 0.381. The van der Waals surface area contributed by atoms with Crippen molar-refractivity contribution in [3.63, 3.8) is 0 Å². The predicted octanol–water partition coefficient (Wildman–Crippen LogP) is 1.90. The molecule has 4 nitrogen and oxygen atoms in total. The Bertz CT molecular complexity index is 547. The van der Waals surface area contributed by atoms with Crippen LogP contribution >= 0.6 is 0 Å². The second-order valence-electron chi connectivity index (χ2n) is 5.45. The lowest BCUT2D eigenvalue weighted by Crippen LogP contribution is -2.34. The third kappa shape index (κ3) is 2.68. The Morgan fingerprint density at radius 3 is 2.84 bits per heavy atom. The number of aryl methyl sites for hydroxylation is 2. The number of benzene rings is 1. The maximum absolute atomic E-state index is 6.03. The van der Waals surface area contributed by atoms with Crippen LogP contribution in [0.2, 0.25) is 0 Å². The molecule has 0 radical (unpaired) electrons. The number of nitrogens with two attached hydrogens (primary N) is 1. The van der Waals surface area contributed by atoms with E-state index in [1.54, 1.807) is 0 Å². The van der Waals surface area contributed by atoms with Gasteiger partial charge in [0.15, 0.2) is 5.82 Å². The van der Waals surface area contributed by atoms with Crippen molar-refractivity contribution in [2.75, 3.05) is 0 Å². The Morgan fingerprint density at radius 1 is 1.26 bits per heavy atom. The van der Waals surface area contributed by atoms with Crippen molar-refractivity contribution < 1.29 is 0 Å². The number of nitrogens with zero attached hydrogens (tertiary/aromatic N) is 3. The van der Waals surface area contributed by atoms with Crippen LogP contribution in [0.5, 0.6) is 0 Å². The van der Waals surface area contributed by atoms with Crippen molar-refractivity contribution >= 4 is 0 Å². The van der Waals surface area contributed by atoms with Gasteiger partial charge < -0.3 is 5.73 Å². The van der Waals surface area contributed by atoms with E-state index in [9.17, 15) is 0 Å². The van der Waals surface area contributed by atoms with E-state index >= 15 is 0 Å². The molecule has 4 heteroatoms. The third-order valence-electron chi connectivity index (χ3n) is 3.73. The Hall–Kier alpha value is -1.68. The van der Waals surface area contributed by atoms with Crippen LogP contribution < -0.4 is 5.73 Å². The number of hydrogen-bond donors (Lipinski definition) is 1. The summed E-state index contributed by atoms with van der Waals surface area (Å²) in [6.07, 6.45) is 2.90. The molecule has 100 valence electrons. The van der Waals surface area contributed by atoms with E-state index in [1.807, 2.05) is 10.7 Å². The van der Waals surface area contributed by atoms with Gasteiger partial charge in [0.25, 0.3) is 0 Å². The molecule has 3 rings (SSSR count). The van der Waals surface area contributed by atoms with Crippen molar-refractivity contribution in [2.45, 2.75) is 44.7 Å². The second kappa shape index (κ2) is 5.13. The van der Waals surface area contributed by atoms with E-state index in [0.717, 1.165) is 37.5 Å². The summed E-state index contributed by atoms with van der Waals surface area (Å²) in [5.41, 5.74) is 7.36. The van der Waals surface area contributed by atoms with Crippen LogP contribution in [-0.2, 0) is 19.4 Å². The van der Waals surface area contributed by atoms with Gasteiger partial charge in [0.1, 0.15) is 5.82 Å². The number of rotatable bonds is 3. The zero-order valence-electron chi connectivity index (χ0n) is 11.3. The summed E-state index contributed by atoms with van der Waals surface area (Å²) in [6, 6.07) is 10.7. The van der Waals surface area contributed by atoms with Gasteiger partial charge in [-0.1, -0.05) is 37.3 Å². The summed E-state index contributed by atoms with van der Waals surface area (Å²) >= 11 is 0. The minimum Gasteiger partial charge on any atom is -0.326 e. The van der Waals surface area contributed by atoms with Gasteiger partial charge in [-0.25, -0.2) is 9.67 Å². The molecule has 0 saturated carbocycles. The van der Waals surface area contributed by atoms with Crippen LogP contribution in [0.4, 0.5) is 0 Å². The first-order valence-electron chi connectivity index (χ1n) is 6.95. The Morgan fingerprint density at radius 2 is 2.05 bits per heavy atom. The molecule has 1 aromatic heterocycles. The highest BCUT2D eigenvalue weighted by molar-refractivity contribution is 5.15. The minimum atomic E-state index is 0.214. The standard InChI is InChI=1S/C15H20N4/c1-11-9-13(16)10-19-15(11)17-14(18-19)8-7-12-5-3-2-4-6-12/h2-6,11,13H,7-10,16H2,1H3. The van der Waals surface area contributed by atoms with Crippen LogP contribution in [0.1, 0.15) is 36.5 Å². The van der Waals surface area contributed by atoms with Crippen molar-refractivity contribution in [2.24, 2.45) is 5.73 Å². The molecular formula is C15H20N4. The zero-order chi connectivity index (χ0) is 13.2. The average molecular weight is 256 g/mol. The summed E-state index contributed by atoms with van der Waals surface area (Å²) in [4.78, 5) is 4.68. The molecule has 0 amide bonds. The molecular weight excluding hydrogens is 236 g/mol. The molecule has 19 heavy (non-hydrogen) atoms. The lowest BCUT2D eigenvalue weighted by atomic mass is 9.98. The highest BCUT2D eigenvalue weighted by Crippen LogP contribution is 2.24. The molecule has 0 spiro atoms. The molecule has 2 aromatic rings. The summed E-state index contributed by atoms with van der Waals surface area (Å²) in [5.74, 6) is 2.46. The van der Waals surface area contributed by atoms with Crippen molar-refractivity contribution in [3.05, 3.63) is 47.5 Å². The molecule has 2 unspecified atom stereocenters. The largest absolute Gasteiger partial charge is 0.326 e. The molecule has 2 N–H and O–H groups in total. The van der Waals surface area contributed by atoms with Gasteiger partial charge in [0.05, 0.1) is 6.54 Å². The fourth-order valence-corrected chi connectivity index (χ4v) is 2.76. The first-order chi connectivity index (χ1) is 9.22. The topological polar surface area (TPSA) is 56.7 Å². The average Bonchev–Trinajstić information content (AvgIpc) is 2.81. The summed E-state index contributed by atoms with van der Waals surface area (Å²) in [7, 11) is 0. The molecule has 0 bridgehead atoms. The first-order valence-corrected chi connectivity index (χ1v) is 6.95. The van der Waals surface area contributed by atoms with Gasteiger partial charge in [0, 0.05) is 18.4 Å². The van der Waals surface area contributed by atoms with E-state index in [1.165, 1.54) is 5.56 Å². The molecule has 1 aromatic carbocycles. The third-order valence-corrected chi connectivity index (χ3v) is 3.73. The molecule has 1 aliphatic rings. The quantitative estimate of drug-likeness (QED) is 0.912. The highest BCUT2D eigenvalue weighted by atomic mass is 15.4. The molecule has 2 heterocycles. The van der Waals surface area contributed by atoms with E-state index in [4.69, 9.17) is 5.73 Å². The van der Waals surface area contributed by atoms with E-state index in [-0.39, 0.29) is 6.04 Å². The second-order valence-corrected chi connectivity index (χ2v) is 5.45. The van der Waals surface area contributed by atoms with Crippen molar-refractivity contribution in [3.8, 4) is 0 Å². The summed E-state index contributed by atoms with van der Waals surface area (Å²) < 4.78 is 2.00. The smallest absolute Gasteiger partial charge is 0.151 e. The van der Waals surface area contributed by atoms with Crippen molar-refractivity contribution in [1.29, 1.82) is 0 Å². The lowest BCUT2D eigenvalue weighted by Gasteiger charge is -2.23. The van der Waals surface area contributed by atoms with Crippen LogP contribution in [0.25, 0.3) is 0 Å². The van der Waals surface area contributed by atoms with Crippen LogP contribution in [0.3, 0.4) is 0 Å². The van der Waals surface area contributed by atoms with Gasteiger partial charge in [0.2, 0.25) is 0 Å². The van der Waals surface area contributed by atoms with Crippen molar-refractivity contribution in [1.82, 2.24) is 14.8 Å². The highest BCUT2D eigenvalue weighted by Gasteiger charge is 2.24. The van der Waals surface area contributed by atoms with E-state index < -0.39 is 0 Å². The molecule has 0 aliphatic carbocycles. The Kier molecular flexibility index (Phi) is 3.34. The zero-order valence-corrected chi connectivity index (χ0v) is 11.3. The molecule has 1 aliphatic heterocycles. The van der Waals surface area contributed by atoms with Crippen LogP contribution in [0, 0.1) is 0 Å². The molecule has 0 fully saturated rings. The van der Waals surface area contributed by atoms with Gasteiger partial charge >= 0.3 is 0 Å². The first kappa shape index (κ1) is 12.4. The number of hydrogen-bond acceptors (Lipinski definition) is 3. The maximum atomic E-state index is 6.03. The van der Waals surface area contributed by atoms with Gasteiger partial charge in [-0.2, -0.15) is 5.10 Å². The SMILES string of the molecule is CC1CC(N)Cn2nc(CCc3ccccc3)nc21. The van der Waals surface area contributed by atoms with Crippen LogP contribution in [-0.4, -0.2) is 20.8 Å². The monoisotopic (exact) mass is 256 g/mol. The fourth-order valence-electron chi connectivity index (χ4n) is 2.76. The normalized spacial score (nSPS) is 22.2. The summed E-state index contributed by atoms with van der Waals surface area (Å²) in [5, 5.41) is 4.59. The maximum Gasteiger partial charge on any atom is 0.151 e. The van der Waals surface area contributed by atoms with E-state index in [2.05, 4.69) is 41.3 Å². The van der Waals surface area contributed by atoms with Gasteiger partial charge in [-0.15, -0.1) is 0 Å². The number of aromatic nitrogens is 3. The predicted molar refractivity (Wildman–Crippen MR) is 74.9 cm³/mol. The Labute approximate surface area is 113 Å².